The number of nitrogens with one attached hydrogen (secondary N) is 1. The predicted molar refractivity (Wildman–Crippen MR) is 107 cm³/mol. The number of carbonyl (C=O) groups is 1. The van der Waals surface area contributed by atoms with E-state index in [9.17, 15) is 4.79 Å². The summed E-state index contributed by atoms with van der Waals surface area (Å²) in [4.78, 5) is 13.4. The van der Waals surface area contributed by atoms with Gasteiger partial charge in [-0.2, -0.15) is 0 Å². The van der Waals surface area contributed by atoms with Gasteiger partial charge in [0.2, 0.25) is 5.91 Å². The van der Waals surface area contributed by atoms with Crippen LogP contribution in [0.5, 0.6) is 0 Å². The summed E-state index contributed by atoms with van der Waals surface area (Å²) in [6.07, 6.45) is 0.345. The fraction of sp³-hybridized carbons (Fsp3) is 0.316. The lowest BCUT2D eigenvalue weighted by molar-refractivity contribution is -0.115. The molecule has 130 valence electrons. The van der Waals surface area contributed by atoms with E-state index in [1.807, 2.05) is 49.0 Å². The molecule has 0 spiro atoms. The number of rotatable bonds is 4. The minimum Gasteiger partial charge on any atom is -0.399 e. The third kappa shape index (κ3) is 6.46. The van der Waals surface area contributed by atoms with Crippen LogP contribution in [0.1, 0.15) is 31.9 Å². The molecule has 0 heterocycles. The van der Waals surface area contributed by atoms with Crippen LogP contribution < -0.4 is 11.1 Å². The number of thioether (sulfide) groups is 1. The van der Waals surface area contributed by atoms with Gasteiger partial charge >= 0.3 is 0 Å². The molecule has 24 heavy (non-hydrogen) atoms. The Bertz CT molecular complexity index is 694. The van der Waals surface area contributed by atoms with Crippen molar-refractivity contribution in [1.29, 1.82) is 0 Å². The maximum absolute atomic E-state index is 12.2. The van der Waals surface area contributed by atoms with Crippen LogP contribution in [-0.2, 0) is 11.2 Å². The minimum absolute atomic E-state index is 0. The van der Waals surface area contributed by atoms with E-state index in [0.29, 0.717) is 12.1 Å². The molecule has 0 aliphatic rings. The van der Waals surface area contributed by atoms with Crippen molar-refractivity contribution in [2.45, 2.75) is 43.8 Å². The van der Waals surface area contributed by atoms with Crippen molar-refractivity contribution in [3.8, 4) is 0 Å². The standard InChI is InChI=1S/C19H24N2OS.ClH/c1-13-11-16(23-19(2,3)4)9-10-17(13)21-18(22)12-14-5-7-15(20)8-6-14;/h5-11H,12,20H2,1-4H3,(H,21,22);1H. The number of halogens is 1. The van der Waals surface area contributed by atoms with E-state index in [-0.39, 0.29) is 23.1 Å². The number of aryl methyl sites for hydroxylation is 1. The highest BCUT2D eigenvalue weighted by Gasteiger charge is 2.13. The quantitative estimate of drug-likeness (QED) is 0.588. The molecule has 0 bridgehead atoms. The van der Waals surface area contributed by atoms with Gasteiger partial charge in [0.25, 0.3) is 0 Å². The highest BCUT2D eigenvalue weighted by molar-refractivity contribution is 8.00. The van der Waals surface area contributed by atoms with Crippen LogP contribution in [0.15, 0.2) is 47.4 Å². The SMILES string of the molecule is Cc1cc(SC(C)(C)C)ccc1NC(=O)Cc1ccc(N)cc1.Cl. The normalized spacial score (nSPS) is 10.8. The molecule has 0 aromatic heterocycles. The van der Waals surface area contributed by atoms with E-state index in [2.05, 4.69) is 38.2 Å². The maximum Gasteiger partial charge on any atom is 0.228 e. The number of amides is 1. The molecule has 0 unspecified atom stereocenters. The van der Waals surface area contributed by atoms with E-state index in [4.69, 9.17) is 5.73 Å². The zero-order chi connectivity index (χ0) is 17.0. The third-order valence-electron chi connectivity index (χ3n) is 3.24. The van der Waals surface area contributed by atoms with Crippen LogP contribution >= 0.6 is 24.2 Å². The van der Waals surface area contributed by atoms with E-state index in [0.717, 1.165) is 16.8 Å². The largest absolute Gasteiger partial charge is 0.399 e. The monoisotopic (exact) mass is 364 g/mol. The van der Waals surface area contributed by atoms with Crippen LogP contribution in [0.2, 0.25) is 0 Å². The summed E-state index contributed by atoms with van der Waals surface area (Å²) in [5.41, 5.74) is 9.25. The number of carbonyl (C=O) groups excluding carboxylic acids is 1. The molecule has 0 atom stereocenters. The summed E-state index contributed by atoms with van der Waals surface area (Å²) in [6, 6.07) is 13.5. The Balaban J connectivity index is 0.00000288. The zero-order valence-corrected chi connectivity index (χ0v) is 16.2. The van der Waals surface area contributed by atoms with Crippen LogP contribution in [0.25, 0.3) is 0 Å². The highest BCUT2D eigenvalue weighted by atomic mass is 35.5. The van der Waals surface area contributed by atoms with Crippen LogP contribution in [0.3, 0.4) is 0 Å². The third-order valence-corrected chi connectivity index (χ3v) is 4.34. The van der Waals surface area contributed by atoms with Gasteiger partial charge in [0.15, 0.2) is 0 Å². The molecule has 0 radical (unpaired) electrons. The molecule has 5 heteroatoms. The predicted octanol–water partition coefficient (Wildman–Crippen LogP) is 5.07. The molecular weight excluding hydrogens is 340 g/mol. The van der Waals surface area contributed by atoms with Crippen molar-refractivity contribution < 1.29 is 4.79 Å². The Morgan fingerprint density at radius 1 is 1.12 bits per heavy atom. The van der Waals surface area contributed by atoms with Crippen molar-refractivity contribution >= 4 is 41.5 Å². The van der Waals surface area contributed by atoms with Gasteiger partial charge < -0.3 is 11.1 Å². The maximum atomic E-state index is 12.2. The first-order valence-electron chi connectivity index (χ1n) is 7.67. The van der Waals surface area contributed by atoms with Gasteiger partial charge in [-0.25, -0.2) is 0 Å². The van der Waals surface area contributed by atoms with Gasteiger partial charge in [-0.15, -0.1) is 24.2 Å². The number of hydrogen-bond acceptors (Lipinski definition) is 3. The van der Waals surface area contributed by atoms with Gasteiger partial charge in [0.05, 0.1) is 6.42 Å². The Hall–Kier alpha value is -1.65. The molecule has 0 saturated heterocycles. The average Bonchev–Trinajstić information content (AvgIpc) is 2.43. The first-order chi connectivity index (χ1) is 10.7. The van der Waals surface area contributed by atoms with E-state index in [1.165, 1.54) is 4.90 Å². The first-order valence-corrected chi connectivity index (χ1v) is 8.48. The van der Waals surface area contributed by atoms with Gasteiger partial charge in [0.1, 0.15) is 0 Å². The van der Waals surface area contributed by atoms with E-state index in [1.54, 1.807) is 0 Å². The molecule has 2 aromatic carbocycles. The summed E-state index contributed by atoms with van der Waals surface area (Å²) in [6.45, 7) is 8.59. The van der Waals surface area contributed by atoms with Crippen molar-refractivity contribution in [3.63, 3.8) is 0 Å². The van der Waals surface area contributed by atoms with Crippen LogP contribution in [0.4, 0.5) is 11.4 Å². The molecule has 0 aliphatic carbocycles. The lowest BCUT2D eigenvalue weighted by atomic mass is 10.1. The van der Waals surface area contributed by atoms with Crippen molar-refractivity contribution in [1.82, 2.24) is 0 Å². The van der Waals surface area contributed by atoms with E-state index < -0.39 is 0 Å². The smallest absolute Gasteiger partial charge is 0.228 e. The topological polar surface area (TPSA) is 55.1 Å². The molecule has 1 amide bonds. The average molecular weight is 365 g/mol. The lowest BCUT2D eigenvalue weighted by Gasteiger charge is -2.18. The number of anilines is 2. The second kappa shape index (κ2) is 8.45. The molecule has 0 saturated carbocycles. The first kappa shape index (κ1) is 20.4. The van der Waals surface area contributed by atoms with Gasteiger partial charge in [-0.1, -0.05) is 32.9 Å². The molecule has 3 nitrogen and oxygen atoms in total. The summed E-state index contributed by atoms with van der Waals surface area (Å²) in [5.74, 6) is -0.0194. The fourth-order valence-corrected chi connectivity index (χ4v) is 3.29. The van der Waals surface area contributed by atoms with Crippen LogP contribution in [-0.4, -0.2) is 10.7 Å². The Morgan fingerprint density at radius 2 is 1.75 bits per heavy atom. The Morgan fingerprint density at radius 3 is 2.29 bits per heavy atom. The highest BCUT2D eigenvalue weighted by Crippen LogP contribution is 2.33. The molecule has 0 aliphatic heterocycles. The molecule has 3 N–H and O–H groups in total. The Kier molecular flexibility index (Phi) is 7.18. The molecule has 0 fully saturated rings. The van der Waals surface area contributed by atoms with Crippen molar-refractivity contribution in [3.05, 3.63) is 53.6 Å². The fourth-order valence-electron chi connectivity index (χ4n) is 2.21. The number of nitrogen functional groups attached to an aromatic ring is 1. The summed E-state index contributed by atoms with van der Waals surface area (Å²) >= 11 is 1.82. The summed E-state index contributed by atoms with van der Waals surface area (Å²) in [5, 5.41) is 2.98. The number of nitrogens with two attached hydrogens (primary N) is 1. The number of hydrogen-bond donors (Lipinski definition) is 2. The molecule has 2 aromatic rings. The second-order valence-electron chi connectivity index (χ2n) is 6.66. The molecular formula is C19H25ClN2OS. The zero-order valence-electron chi connectivity index (χ0n) is 14.6. The Labute approximate surface area is 154 Å². The lowest BCUT2D eigenvalue weighted by Crippen LogP contribution is -2.15. The van der Waals surface area contributed by atoms with Gasteiger partial charge in [-0.05, 0) is 48.4 Å². The van der Waals surface area contributed by atoms with Gasteiger partial charge in [-0.3, -0.25) is 4.79 Å². The number of benzene rings is 2. The van der Waals surface area contributed by atoms with E-state index >= 15 is 0 Å². The van der Waals surface area contributed by atoms with Gasteiger partial charge in [0, 0.05) is 21.0 Å². The molecule has 2 rings (SSSR count). The summed E-state index contributed by atoms with van der Waals surface area (Å²) in [7, 11) is 0. The second-order valence-corrected chi connectivity index (χ2v) is 8.56. The van der Waals surface area contributed by atoms with Crippen molar-refractivity contribution in [2.24, 2.45) is 0 Å². The minimum atomic E-state index is -0.0194. The van der Waals surface area contributed by atoms with Crippen molar-refractivity contribution in [2.75, 3.05) is 11.1 Å². The van der Waals surface area contributed by atoms with Crippen LogP contribution in [0, 0.1) is 6.92 Å². The summed E-state index contributed by atoms with van der Waals surface area (Å²) < 4.78 is 0.173.